The van der Waals surface area contributed by atoms with Crippen molar-refractivity contribution in [3.05, 3.63) is 89.5 Å². The molecule has 0 aliphatic rings. The lowest BCUT2D eigenvalue weighted by Gasteiger charge is -2.16. The molecule has 0 saturated carbocycles. The molecule has 3 aromatic carbocycles. The molecule has 0 unspecified atom stereocenters. The van der Waals surface area contributed by atoms with Crippen LogP contribution in [0.3, 0.4) is 0 Å². The van der Waals surface area contributed by atoms with Crippen molar-refractivity contribution in [2.45, 2.75) is 13.5 Å². The van der Waals surface area contributed by atoms with Gasteiger partial charge in [0.2, 0.25) is 5.91 Å². The minimum atomic E-state index is -0.250. The molecule has 0 saturated heterocycles. The number of amides is 2. The number of ether oxygens (including phenoxy) is 1. The molecule has 31 heavy (non-hydrogen) atoms. The van der Waals surface area contributed by atoms with E-state index in [1.165, 1.54) is 5.56 Å². The van der Waals surface area contributed by atoms with Crippen LogP contribution in [-0.4, -0.2) is 37.4 Å². The predicted molar refractivity (Wildman–Crippen MR) is 124 cm³/mol. The number of carbonyl (C=O) groups excluding carboxylic acids is 2. The van der Waals surface area contributed by atoms with E-state index in [4.69, 9.17) is 4.74 Å². The van der Waals surface area contributed by atoms with E-state index in [0.29, 0.717) is 29.2 Å². The van der Waals surface area contributed by atoms with Gasteiger partial charge in [-0.3, -0.25) is 14.5 Å². The molecule has 6 nitrogen and oxygen atoms in total. The molecule has 3 aromatic rings. The molecule has 0 fully saturated rings. The number of para-hydroxylation sites is 2. The quantitative estimate of drug-likeness (QED) is 0.572. The molecule has 0 bridgehead atoms. The molecule has 0 aliphatic heterocycles. The topological polar surface area (TPSA) is 70.7 Å². The zero-order chi connectivity index (χ0) is 22.2. The van der Waals surface area contributed by atoms with Gasteiger partial charge in [0.15, 0.2) is 0 Å². The van der Waals surface area contributed by atoms with Crippen LogP contribution in [0.5, 0.6) is 5.75 Å². The van der Waals surface area contributed by atoms with Crippen LogP contribution in [-0.2, 0) is 11.3 Å². The summed E-state index contributed by atoms with van der Waals surface area (Å²) in [6.07, 6.45) is 0. The molecule has 160 valence electrons. The second-order valence-corrected chi connectivity index (χ2v) is 7.44. The molecule has 0 heterocycles. The lowest BCUT2D eigenvalue weighted by molar-refractivity contribution is -0.117. The molecule has 0 radical (unpaired) electrons. The van der Waals surface area contributed by atoms with Gasteiger partial charge in [-0.15, -0.1) is 0 Å². The number of likely N-dealkylation sites (N-methyl/N-ethyl adjacent to an activating group) is 1. The highest BCUT2D eigenvalue weighted by Gasteiger charge is 2.11. The third kappa shape index (κ3) is 6.42. The minimum absolute atomic E-state index is 0.110. The van der Waals surface area contributed by atoms with Gasteiger partial charge in [-0.1, -0.05) is 42.0 Å². The molecule has 3 rings (SSSR count). The normalized spacial score (nSPS) is 10.6. The number of carbonyl (C=O) groups is 2. The summed E-state index contributed by atoms with van der Waals surface area (Å²) in [5, 5.41) is 5.70. The molecular weight excluding hydrogens is 390 g/mol. The Balaban J connectivity index is 1.52. The Morgan fingerprint density at radius 2 is 1.58 bits per heavy atom. The van der Waals surface area contributed by atoms with Crippen molar-refractivity contribution in [1.82, 2.24) is 4.90 Å². The zero-order valence-corrected chi connectivity index (χ0v) is 18.0. The summed E-state index contributed by atoms with van der Waals surface area (Å²) in [5.74, 6) is 0.232. The van der Waals surface area contributed by atoms with Crippen molar-refractivity contribution in [3.63, 3.8) is 0 Å². The number of anilines is 2. The Kier molecular flexibility index (Phi) is 7.40. The van der Waals surface area contributed by atoms with E-state index < -0.39 is 0 Å². The summed E-state index contributed by atoms with van der Waals surface area (Å²) in [4.78, 5) is 26.8. The van der Waals surface area contributed by atoms with E-state index in [1.807, 2.05) is 31.0 Å². The number of nitrogens with zero attached hydrogens (tertiary/aromatic N) is 1. The number of rotatable bonds is 8. The number of methoxy groups -OCH3 is 1. The number of hydrogen-bond donors (Lipinski definition) is 2. The first-order valence-electron chi connectivity index (χ1n) is 10.0. The van der Waals surface area contributed by atoms with Gasteiger partial charge in [-0.25, -0.2) is 0 Å². The fourth-order valence-corrected chi connectivity index (χ4v) is 3.15. The predicted octanol–water partition coefficient (Wildman–Crippen LogP) is 4.33. The van der Waals surface area contributed by atoms with Crippen molar-refractivity contribution in [2.75, 3.05) is 31.3 Å². The Bertz CT molecular complexity index is 1030. The maximum absolute atomic E-state index is 12.5. The molecule has 0 spiro atoms. The molecule has 0 atom stereocenters. The lowest BCUT2D eigenvalue weighted by Crippen LogP contribution is -2.29. The lowest BCUT2D eigenvalue weighted by atomic mass is 10.1. The fourth-order valence-electron chi connectivity index (χ4n) is 3.15. The van der Waals surface area contributed by atoms with E-state index in [-0.39, 0.29) is 18.4 Å². The van der Waals surface area contributed by atoms with Crippen molar-refractivity contribution >= 4 is 23.2 Å². The number of benzene rings is 3. The summed E-state index contributed by atoms with van der Waals surface area (Å²) in [7, 11) is 3.46. The number of aryl methyl sites for hydroxylation is 1. The summed E-state index contributed by atoms with van der Waals surface area (Å²) in [6, 6.07) is 22.3. The Morgan fingerprint density at radius 1 is 0.903 bits per heavy atom. The van der Waals surface area contributed by atoms with E-state index in [9.17, 15) is 9.59 Å². The van der Waals surface area contributed by atoms with Crippen LogP contribution in [0.4, 0.5) is 11.4 Å². The monoisotopic (exact) mass is 417 g/mol. The van der Waals surface area contributed by atoms with Gasteiger partial charge < -0.3 is 15.4 Å². The van der Waals surface area contributed by atoms with Crippen molar-refractivity contribution < 1.29 is 14.3 Å². The smallest absolute Gasteiger partial charge is 0.255 e. The van der Waals surface area contributed by atoms with Gasteiger partial charge in [-0.05, 0) is 55.9 Å². The average Bonchev–Trinajstić information content (AvgIpc) is 2.76. The summed E-state index contributed by atoms with van der Waals surface area (Å²) in [5.41, 5.74) is 4.10. The van der Waals surface area contributed by atoms with E-state index in [0.717, 1.165) is 5.56 Å². The number of hydrogen-bond acceptors (Lipinski definition) is 4. The Labute approximate surface area is 182 Å². The minimum Gasteiger partial charge on any atom is -0.495 e. The van der Waals surface area contributed by atoms with Gasteiger partial charge in [0.1, 0.15) is 5.75 Å². The zero-order valence-electron chi connectivity index (χ0n) is 18.0. The van der Waals surface area contributed by atoms with Gasteiger partial charge in [0, 0.05) is 17.8 Å². The van der Waals surface area contributed by atoms with Crippen molar-refractivity contribution in [1.29, 1.82) is 0 Å². The molecule has 0 aliphatic carbocycles. The Morgan fingerprint density at radius 3 is 2.26 bits per heavy atom. The SMILES string of the molecule is COc1ccccc1NC(=O)c1ccc(NC(=O)CN(C)Cc2ccc(C)cc2)cc1. The van der Waals surface area contributed by atoms with Gasteiger partial charge in [0.25, 0.3) is 5.91 Å². The molecule has 0 aromatic heterocycles. The maximum atomic E-state index is 12.5. The second-order valence-electron chi connectivity index (χ2n) is 7.44. The number of nitrogens with one attached hydrogen (secondary N) is 2. The summed E-state index contributed by atoms with van der Waals surface area (Å²) >= 11 is 0. The highest BCUT2D eigenvalue weighted by molar-refractivity contribution is 6.05. The van der Waals surface area contributed by atoms with Crippen molar-refractivity contribution in [2.24, 2.45) is 0 Å². The highest BCUT2D eigenvalue weighted by atomic mass is 16.5. The summed E-state index contributed by atoms with van der Waals surface area (Å²) < 4.78 is 5.25. The van der Waals surface area contributed by atoms with Crippen LogP contribution < -0.4 is 15.4 Å². The standard InChI is InChI=1S/C25H27N3O3/c1-18-8-10-19(11-9-18)16-28(2)17-24(29)26-21-14-12-20(13-15-21)25(30)27-22-6-4-5-7-23(22)31-3/h4-15H,16-17H2,1-3H3,(H,26,29)(H,27,30). The maximum Gasteiger partial charge on any atom is 0.255 e. The van der Waals surface area contributed by atoms with Crippen LogP contribution in [0.2, 0.25) is 0 Å². The third-order valence-electron chi connectivity index (χ3n) is 4.77. The molecular formula is C25H27N3O3. The largest absolute Gasteiger partial charge is 0.495 e. The van der Waals surface area contributed by atoms with Crippen LogP contribution in [0.25, 0.3) is 0 Å². The van der Waals surface area contributed by atoms with E-state index in [1.54, 1.807) is 43.5 Å². The van der Waals surface area contributed by atoms with Crippen LogP contribution in [0.1, 0.15) is 21.5 Å². The van der Waals surface area contributed by atoms with Crippen molar-refractivity contribution in [3.8, 4) is 5.75 Å². The van der Waals surface area contributed by atoms with E-state index >= 15 is 0 Å². The fraction of sp³-hybridized carbons (Fsp3) is 0.200. The van der Waals surface area contributed by atoms with Gasteiger partial charge in [-0.2, -0.15) is 0 Å². The van der Waals surface area contributed by atoms with Crippen LogP contribution in [0, 0.1) is 6.92 Å². The van der Waals surface area contributed by atoms with Gasteiger partial charge in [0.05, 0.1) is 19.3 Å². The Hall–Kier alpha value is -3.64. The third-order valence-corrected chi connectivity index (χ3v) is 4.77. The molecule has 2 amide bonds. The first-order valence-corrected chi connectivity index (χ1v) is 10.0. The van der Waals surface area contributed by atoms with Crippen LogP contribution >= 0.6 is 0 Å². The highest BCUT2D eigenvalue weighted by Crippen LogP contribution is 2.23. The summed E-state index contributed by atoms with van der Waals surface area (Å²) in [6.45, 7) is 3.01. The molecule has 2 N–H and O–H groups in total. The first kappa shape index (κ1) is 22.1. The van der Waals surface area contributed by atoms with E-state index in [2.05, 4.69) is 34.9 Å². The second kappa shape index (κ2) is 10.4. The first-order chi connectivity index (χ1) is 14.9. The van der Waals surface area contributed by atoms with Crippen LogP contribution in [0.15, 0.2) is 72.8 Å². The van der Waals surface area contributed by atoms with Gasteiger partial charge >= 0.3 is 0 Å². The molecule has 6 heteroatoms. The average molecular weight is 418 g/mol.